The normalized spacial score (nSPS) is 19.4. The van der Waals surface area contributed by atoms with Crippen LogP contribution in [0.25, 0.3) is 0 Å². The van der Waals surface area contributed by atoms with Gasteiger partial charge >= 0.3 is 12.0 Å². The third kappa shape index (κ3) is 3.12. The largest absolute Gasteiger partial charge is 0.480 e. The van der Waals surface area contributed by atoms with Gasteiger partial charge in [0.1, 0.15) is 5.54 Å². The first-order valence-electron chi connectivity index (χ1n) is 5.77. The number of carbonyl (C=O) groups excluding carboxylic acids is 1. The first kappa shape index (κ1) is 12.8. The van der Waals surface area contributed by atoms with Crippen LogP contribution in [0.15, 0.2) is 0 Å². The summed E-state index contributed by atoms with van der Waals surface area (Å²) in [5.41, 5.74) is -1.18. The van der Waals surface area contributed by atoms with Gasteiger partial charge in [0.15, 0.2) is 0 Å². The van der Waals surface area contributed by atoms with Gasteiger partial charge in [0.2, 0.25) is 0 Å². The van der Waals surface area contributed by atoms with E-state index in [0.29, 0.717) is 18.9 Å². The average Bonchev–Trinajstić information content (AvgIpc) is 2.14. The fourth-order valence-corrected chi connectivity index (χ4v) is 1.52. The second-order valence-electron chi connectivity index (χ2n) is 4.62. The van der Waals surface area contributed by atoms with Gasteiger partial charge in [0.25, 0.3) is 0 Å². The second kappa shape index (κ2) is 5.18. The molecule has 2 amide bonds. The van der Waals surface area contributed by atoms with Gasteiger partial charge in [-0.05, 0) is 32.1 Å². The molecule has 1 saturated carbocycles. The minimum absolute atomic E-state index is 0.360. The SMILES string of the molecule is CCC(C)(NC(=O)NCC1CCC1)C(=O)O. The quantitative estimate of drug-likeness (QED) is 0.664. The number of rotatable bonds is 5. The average molecular weight is 228 g/mol. The van der Waals surface area contributed by atoms with E-state index in [9.17, 15) is 9.59 Å². The summed E-state index contributed by atoms with van der Waals surface area (Å²) in [5, 5.41) is 14.2. The molecule has 16 heavy (non-hydrogen) atoms. The second-order valence-corrected chi connectivity index (χ2v) is 4.62. The van der Waals surface area contributed by atoms with Crippen molar-refractivity contribution < 1.29 is 14.7 Å². The number of carbonyl (C=O) groups is 2. The molecule has 1 atom stereocenters. The lowest BCUT2D eigenvalue weighted by atomic mass is 9.85. The van der Waals surface area contributed by atoms with E-state index < -0.39 is 17.5 Å². The number of hydrogen-bond acceptors (Lipinski definition) is 2. The van der Waals surface area contributed by atoms with Gasteiger partial charge in [-0.15, -0.1) is 0 Å². The summed E-state index contributed by atoms with van der Waals surface area (Å²) in [7, 11) is 0. The van der Waals surface area contributed by atoms with Crippen LogP contribution >= 0.6 is 0 Å². The molecule has 1 rings (SSSR count). The third-order valence-corrected chi connectivity index (χ3v) is 3.34. The fraction of sp³-hybridized carbons (Fsp3) is 0.818. The van der Waals surface area contributed by atoms with E-state index in [1.807, 2.05) is 0 Å². The van der Waals surface area contributed by atoms with E-state index in [1.54, 1.807) is 6.92 Å². The maximum atomic E-state index is 11.5. The van der Waals surface area contributed by atoms with Crippen molar-refractivity contribution >= 4 is 12.0 Å². The molecular formula is C11H20N2O3. The van der Waals surface area contributed by atoms with Crippen LogP contribution in [-0.2, 0) is 4.79 Å². The summed E-state index contributed by atoms with van der Waals surface area (Å²) in [5.74, 6) is -0.433. The van der Waals surface area contributed by atoms with E-state index in [2.05, 4.69) is 10.6 Å². The number of nitrogens with one attached hydrogen (secondary N) is 2. The molecule has 1 aliphatic rings. The van der Waals surface area contributed by atoms with Gasteiger partial charge in [0.05, 0.1) is 0 Å². The summed E-state index contributed by atoms with van der Waals surface area (Å²) in [6.45, 7) is 3.89. The van der Waals surface area contributed by atoms with Crippen molar-refractivity contribution in [1.82, 2.24) is 10.6 Å². The lowest BCUT2D eigenvalue weighted by molar-refractivity contribution is -0.143. The summed E-state index contributed by atoms with van der Waals surface area (Å²) in [6.07, 6.45) is 3.91. The highest BCUT2D eigenvalue weighted by Crippen LogP contribution is 2.25. The summed E-state index contributed by atoms with van der Waals surface area (Å²) >= 11 is 0. The Morgan fingerprint density at radius 3 is 2.44 bits per heavy atom. The van der Waals surface area contributed by atoms with E-state index in [0.717, 1.165) is 12.8 Å². The first-order chi connectivity index (χ1) is 7.48. The Bertz CT molecular complexity index is 276. The molecule has 1 aliphatic carbocycles. The Morgan fingerprint density at radius 1 is 1.44 bits per heavy atom. The Balaban J connectivity index is 2.33. The highest BCUT2D eigenvalue weighted by molar-refractivity contribution is 5.85. The molecule has 1 unspecified atom stereocenters. The molecule has 0 aromatic rings. The minimum Gasteiger partial charge on any atom is -0.480 e. The van der Waals surface area contributed by atoms with Gasteiger partial charge in [-0.2, -0.15) is 0 Å². The van der Waals surface area contributed by atoms with Crippen LogP contribution in [0.3, 0.4) is 0 Å². The number of carboxylic acid groups (broad SMARTS) is 1. The number of hydrogen-bond donors (Lipinski definition) is 3. The zero-order valence-corrected chi connectivity index (χ0v) is 9.88. The molecule has 92 valence electrons. The van der Waals surface area contributed by atoms with Crippen LogP contribution in [-0.4, -0.2) is 29.2 Å². The van der Waals surface area contributed by atoms with Crippen molar-refractivity contribution in [2.24, 2.45) is 5.92 Å². The van der Waals surface area contributed by atoms with Crippen LogP contribution in [0.1, 0.15) is 39.5 Å². The number of amides is 2. The topological polar surface area (TPSA) is 78.4 Å². The van der Waals surface area contributed by atoms with Crippen LogP contribution in [0.5, 0.6) is 0 Å². The van der Waals surface area contributed by atoms with Crippen LogP contribution in [0, 0.1) is 5.92 Å². The van der Waals surface area contributed by atoms with Crippen molar-refractivity contribution in [2.45, 2.75) is 45.1 Å². The Morgan fingerprint density at radius 2 is 2.06 bits per heavy atom. The van der Waals surface area contributed by atoms with Crippen LogP contribution in [0.2, 0.25) is 0 Å². The van der Waals surface area contributed by atoms with Crippen LogP contribution in [0.4, 0.5) is 4.79 Å². The van der Waals surface area contributed by atoms with E-state index in [4.69, 9.17) is 5.11 Å². The maximum absolute atomic E-state index is 11.5. The number of urea groups is 1. The molecule has 0 bridgehead atoms. The fourth-order valence-electron chi connectivity index (χ4n) is 1.52. The Labute approximate surface area is 95.6 Å². The zero-order chi connectivity index (χ0) is 12.2. The highest BCUT2D eigenvalue weighted by Gasteiger charge is 2.32. The van der Waals surface area contributed by atoms with E-state index in [-0.39, 0.29) is 0 Å². The van der Waals surface area contributed by atoms with Gasteiger partial charge < -0.3 is 15.7 Å². The predicted molar refractivity (Wildman–Crippen MR) is 60.2 cm³/mol. The Hall–Kier alpha value is -1.26. The lowest BCUT2D eigenvalue weighted by Crippen LogP contribution is -2.55. The molecule has 5 nitrogen and oxygen atoms in total. The van der Waals surface area contributed by atoms with E-state index in [1.165, 1.54) is 13.3 Å². The molecule has 0 aromatic heterocycles. The number of carboxylic acids is 1. The van der Waals surface area contributed by atoms with Crippen molar-refractivity contribution in [3.8, 4) is 0 Å². The molecule has 0 aromatic carbocycles. The zero-order valence-electron chi connectivity index (χ0n) is 9.88. The van der Waals surface area contributed by atoms with Gasteiger partial charge in [-0.1, -0.05) is 13.3 Å². The molecule has 1 fully saturated rings. The van der Waals surface area contributed by atoms with Crippen molar-refractivity contribution in [3.63, 3.8) is 0 Å². The summed E-state index contributed by atoms with van der Waals surface area (Å²) < 4.78 is 0. The van der Waals surface area contributed by atoms with Crippen molar-refractivity contribution in [3.05, 3.63) is 0 Å². The molecule has 0 radical (unpaired) electrons. The highest BCUT2D eigenvalue weighted by atomic mass is 16.4. The monoisotopic (exact) mass is 228 g/mol. The summed E-state index contributed by atoms with van der Waals surface area (Å²) in [6, 6.07) is -0.390. The Kier molecular flexibility index (Phi) is 4.15. The minimum atomic E-state index is -1.18. The molecule has 0 aliphatic heterocycles. The van der Waals surface area contributed by atoms with Gasteiger partial charge in [-0.3, -0.25) is 0 Å². The van der Waals surface area contributed by atoms with Crippen LogP contribution < -0.4 is 10.6 Å². The van der Waals surface area contributed by atoms with Crippen molar-refractivity contribution in [2.75, 3.05) is 6.54 Å². The molecule has 5 heteroatoms. The molecular weight excluding hydrogens is 208 g/mol. The molecule has 0 spiro atoms. The van der Waals surface area contributed by atoms with Gasteiger partial charge in [-0.25, -0.2) is 9.59 Å². The third-order valence-electron chi connectivity index (χ3n) is 3.34. The molecule has 3 N–H and O–H groups in total. The summed E-state index contributed by atoms with van der Waals surface area (Å²) in [4.78, 5) is 22.4. The molecule has 0 saturated heterocycles. The maximum Gasteiger partial charge on any atom is 0.329 e. The first-order valence-corrected chi connectivity index (χ1v) is 5.77. The number of aliphatic carboxylic acids is 1. The van der Waals surface area contributed by atoms with Gasteiger partial charge in [0, 0.05) is 6.54 Å². The lowest BCUT2D eigenvalue weighted by Gasteiger charge is -2.28. The smallest absolute Gasteiger partial charge is 0.329 e. The standard InChI is InChI=1S/C11H20N2O3/c1-3-11(2,9(14)15)13-10(16)12-7-8-5-4-6-8/h8H,3-7H2,1-2H3,(H,14,15)(H2,12,13,16). The predicted octanol–water partition coefficient (Wildman–Crippen LogP) is 1.34. The van der Waals surface area contributed by atoms with E-state index >= 15 is 0 Å². The molecule has 0 heterocycles. The van der Waals surface area contributed by atoms with Crippen molar-refractivity contribution in [1.29, 1.82) is 0 Å².